The van der Waals surface area contributed by atoms with E-state index in [-0.39, 0.29) is 12.0 Å². The maximum absolute atomic E-state index is 12.5. The van der Waals surface area contributed by atoms with Gasteiger partial charge in [0.15, 0.2) is 0 Å². The fraction of sp³-hybridized carbons (Fsp3) is 0.444. The lowest BCUT2D eigenvalue weighted by Crippen LogP contribution is -2.22. The number of halogens is 4. The van der Waals surface area contributed by atoms with Crippen molar-refractivity contribution in [1.29, 1.82) is 0 Å². The summed E-state index contributed by atoms with van der Waals surface area (Å²) >= 11 is 3.04. The highest BCUT2D eigenvalue weighted by atomic mass is 79.9. The maximum atomic E-state index is 12.5. The van der Waals surface area contributed by atoms with Crippen LogP contribution in [0.4, 0.5) is 13.2 Å². The molecule has 1 aromatic heterocycles. The molecule has 0 aliphatic rings. The van der Waals surface area contributed by atoms with Crippen LogP contribution in [0.3, 0.4) is 0 Å². The van der Waals surface area contributed by atoms with Crippen molar-refractivity contribution in [2.45, 2.75) is 18.5 Å². The third kappa shape index (κ3) is 3.46. The standard InChI is InChI=1S/C9H9BrF3NO/c10-8-2-1-6(5-14-8)7(3-4-15)9(11,12)13/h1-2,5,7,15H,3-4H2. The molecule has 0 amide bonds. The average Bonchev–Trinajstić information content (AvgIpc) is 2.14. The molecular formula is C9H9BrF3NO. The first-order chi connectivity index (χ1) is 6.95. The van der Waals surface area contributed by atoms with Crippen molar-refractivity contribution in [3.63, 3.8) is 0 Å². The second kappa shape index (κ2) is 4.94. The minimum absolute atomic E-state index is 0.0692. The number of alkyl halides is 3. The van der Waals surface area contributed by atoms with Gasteiger partial charge in [-0.1, -0.05) is 6.07 Å². The van der Waals surface area contributed by atoms with Crippen LogP contribution in [0, 0.1) is 0 Å². The van der Waals surface area contributed by atoms with Crippen molar-refractivity contribution in [3.05, 3.63) is 28.5 Å². The lowest BCUT2D eigenvalue weighted by atomic mass is 9.97. The van der Waals surface area contributed by atoms with Gasteiger partial charge < -0.3 is 5.11 Å². The highest BCUT2D eigenvalue weighted by molar-refractivity contribution is 9.10. The maximum Gasteiger partial charge on any atom is 0.395 e. The van der Waals surface area contributed by atoms with Crippen LogP contribution in [-0.2, 0) is 0 Å². The van der Waals surface area contributed by atoms with Crippen molar-refractivity contribution >= 4 is 15.9 Å². The smallest absolute Gasteiger partial charge is 0.395 e. The predicted octanol–water partition coefficient (Wildman–Crippen LogP) is 2.87. The topological polar surface area (TPSA) is 33.1 Å². The molecule has 0 aliphatic carbocycles. The molecule has 0 spiro atoms. The third-order valence-electron chi connectivity index (χ3n) is 1.97. The van der Waals surface area contributed by atoms with Gasteiger partial charge in [-0.25, -0.2) is 4.98 Å². The molecule has 1 heterocycles. The average molecular weight is 284 g/mol. The summed E-state index contributed by atoms with van der Waals surface area (Å²) in [7, 11) is 0. The predicted molar refractivity (Wildman–Crippen MR) is 52.4 cm³/mol. The minimum Gasteiger partial charge on any atom is -0.396 e. The van der Waals surface area contributed by atoms with E-state index in [4.69, 9.17) is 5.11 Å². The lowest BCUT2D eigenvalue weighted by molar-refractivity contribution is -0.153. The molecular weight excluding hydrogens is 275 g/mol. The molecule has 6 heteroatoms. The van der Waals surface area contributed by atoms with Crippen LogP contribution in [0.5, 0.6) is 0 Å². The Bertz CT molecular complexity index is 312. The highest BCUT2D eigenvalue weighted by Crippen LogP contribution is 2.36. The van der Waals surface area contributed by atoms with E-state index in [1.807, 2.05) is 0 Å². The number of aliphatic hydroxyl groups is 1. The van der Waals surface area contributed by atoms with Gasteiger partial charge in [0.05, 0.1) is 5.92 Å². The Morgan fingerprint density at radius 3 is 2.47 bits per heavy atom. The van der Waals surface area contributed by atoms with Gasteiger partial charge in [-0.05, 0) is 34.0 Å². The van der Waals surface area contributed by atoms with E-state index in [0.717, 1.165) is 6.20 Å². The first-order valence-corrected chi connectivity index (χ1v) is 5.03. The first kappa shape index (κ1) is 12.4. The molecule has 0 saturated carbocycles. The fourth-order valence-electron chi connectivity index (χ4n) is 1.24. The van der Waals surface area contributed by atoms with Gasteiger partial charge in [0.2, 0.25) is 0 Å². The van der Waals surface area contributed by atoms with Crippen molar-refractivity contribution in [1.82, 2.24) is 4.98 Å². The van der Waals surface area contributed by atoms with Gasteiger partial charge in [-0.2, -0.15) is 13.2 Å². The Morgan fingerprint density at radius 2 is 2.07 bits per heavy atom. The van der Waals surface area contributed by atoms with Crippen LogP contribution in [0.25, 0.3) is 0 Å². The summed E-state index contributed by atoms with van der Waals surface area (Å²) in [6.07, 6.45) is -3.52. The molecule has 0 aliphatic heterocycles. The summed E-state index contributed by atoms with van der Waals surface area (Å²) in [4.78, 5) is 3.73. The molecule has 84 valence electrons. The van der Waals surface area contributed by atoms with Crippen LogP contribution in [0.15, 0.2) is 22.9 Å². The van der Waals surface area contributed by atoms with Gasteiger partial charge in [0.25, 0.3) is 0 Å². The minimum atomic E-state index is -4.35. The van der Waals surface area contributed by atoms with E-state index in [0.29, 0.717) is 4.60 Å². The summed E-state index contributed by atoms with van der Waals surface area (Å²) < 4.78 is 38.1. The van der Waals surface area contributed by atoms with Crippen molar-refractivity contribution in [2.24, 2.45) is 0 Å². The van der Waals surface area contributed by atoms with E-state index in [1.165, 1.54) is 12.1 Å². The molecule has 0 radical (unpaired) electrons. The van der Waals surface area contributed by atoms with E-state index in [9.17, 15) is 13.2 Å². The molecule has 15 heavy (non-hydrogen) atoms. The number of pyridine rings is 1. The van der Waals surface area contributed by atoms with Crippen LogP contribution in [0.2, 0.25) is 0 Å². The summed E-state index contributed by atoms with van der Waals surface area (Å²) in [6, 6.07) is 2.80. The molecule has 0 saturated heterocycles. The molecule has 1 rings (SSSR count). The second-order valence-electron chi connectivity index (χ2n) is 3.02. The van der Waals surface area contributed by atoms with Crippen LogP contribution in [-0.4, -0.2) is 22.9 Å². The zero-order valence-corrected chi connectivity index (χ0v) is 9.22. The van der Waals surface area contributed by atoms with Crippen molar-refractivity contribution < 1.29 is 18.3 Å². The second-order valence-corrected chi connectivity index (χ2v) is 3.83. The van der Waals surface area contributed by atoms with E-state index in [1.54, 1.807) is 0 Å². The number of hydrogen-bond acceptors (Lipinski definition) is 2. The summed E-state index contributed by atoms with van der Waals surface area (Å²) in [6.45, 7) is -0.500. The normalized spacial score (nSPS) is 13.9. The third-order valence-corrected chi connectivity index (χ3v) is 2.43. The van der Waals surface area contributed by atoms with Crippen LogP contribution >= 0.6 is 15.9 Å². The van der Waals surface area contributed by atoms with Gasteiger partial charge in [0.1, 0.15) is 4.60 Å². The molecule has 2 nitrogen and oxygen atoms in total. The molecule has 1 N–H and O–H groups in total. The van der Waals surface area contributed by atoms with Gasteiger partial charge in [-0.15, -0.1) is 0 Å². The Morgan fingerprint density at radius 1 is 1.40 bits per heavy atom. The van der Waals surface area contributed by atoms with Gasteiger partial charge in [-0.3, -0.25) is 0 Å². The number of nitrogens with zero attached hydrogens (tertiary/aromatic N) is 1. The fourth-order valence-corrected chi connectivity index (χ4v) is 1.48. The van der Waals surface area contributed by atoms with Crippen LogP contribution < -0.4 is 0 Å². The van der Waals surface area contributed by atoms with Crippen LogP contribution in [0.1, 0.15) is 17.9 Å². The zero-order chi connectivity index (χ0) is 11.5. The quantitative estimate of drug-likeness (QED) is 0.866. The highest BCUT2D eigenvalue weighted by Gasteiger charge is 2.40. The SMILES string of the molecule is OCCC(c1ccc(Br)nc1)C(F)(F)F. The van der Waals surface area contributed by atoms with E-state index in [2.05, 4.69) is 20.9 Å². The first-order valence-electron chi connectivity index (χ1n) is 4.24. The molecule has 1 unspecified atom stereocenters. The zero-order valence-electron chi connectivity index (χ0n) is 7.63. The Kier molecular flexibility index (Phi) is 4.10. The molecule has 0 aromatic carbocycles. The Balaban J connectivity index is 2.94. The van der Waals surface area contributed by atoms with E-state index >= 15 is 0 Å². The molecule has 0 bridgehead atoms. The van der Waals surface area contributed by atoms with Gasteiger partial charge >= 0.3 is 6.18 Å². The number of aromatic nitrogens is 1. The largest absolute Gasteiger partial charge is 0.396 e. The lowest BCUT2D eigenvalue weighted by Gasteiger charge is -2.19. The monoisotopic (exact) mass is 283 g/mol. The molecule has 0 fully saturated rings. The molecule has 1 atom stereocenters. The Hall–Kier alpha value is -0.620. The van der Waals surface area contributed by atoms with Crippen molar-refractivity contribution in [2.75, 3.05) is 6.61 Å². The Labute approximate surface area is 93.3 Å². The summed E-state index contributed by atoms with van der Waals surface area (Å²) in [5.41, 5.74) is 0.0692. The number of hydrogen-bond donors (Lipinski definition) is 1. The van der Waals surface area contributed by atoms with Gasteiger partial charge in [0, 0.05) is 12.8 Å². The molecule has 1 aromatic rings. The summed E-state index contributed by atoms with van der Waals surface area (Å²) in [5.74, 6) is -1.65. The summed E-state index contributed by atoms with van der Waals surface area (Å²) in [5, 5.41) is 8.59. The number of rotatable bonds is 3. The van der Waals surface area contributed by atoms with E-state index < -0.39 is 18.7 Å². The van der Waals surface area contributed by atoms with Crippen molar-refractivity contribution in [3.8, 4) is 0 Å². The number of aliphatic hydroxyl groups excluding tert-OH is 1.